The molecule has 0 saturated heterocycles. The zero-order valence-electron chi connectivity index (χ0n) is 21.6. The van der Waals surface area contributed by atoms with Crippen LogP contribution in [0.15, 0.2) is 59.8 Å². The number of benzene rings is 2. The molecule has 9 heteroatoms. The van der Waals surface area contributed by atoms with Gasteiger partial charge in [-0.25, -0.2) is 19.0 Å². The molecule has 38 heavy (non-hydrogen) atoms. The van der Waals surface area contributed by atoms with Crippen molar-refractivity contribution in [2.24, 2.45) is 0 Å². The fourth-order valence-corrected chi connectivity index (χ4v) is 6.04. The Bertz CT molecular complexity index is 1460. The lowest BCUT2D eigenvalue weighted by molar-refractivity contribution is 0.224. The Morgan fingerprint density at radius 1 is 1.05 bits per heavy atom. The Morgan fingerprint density at radius 3 is 2.58 bits per heavy atom. The molecule has 2 aliphatic rings. The van der Waals surface area contributed by atoms with Crippen LogP contribution in [0.25, 0.3) is 22.8 Å². The van der Waals surface area contributed by atoms with Crippen molar-refractivity contribution in [3.63, 3.8) is 0 Å². The van der Waals surface area contributed by atoms with Gasteiger partial charge in [-0.05, 0) is 56.0 Å². The summed E-state index contributed by atoms with van der Waals surface area (Å²) in [7, 11) is 0. The molecule has 1 aliphatic heterocycles. The molecular weight excluding hydrogens is 499 g/mol. The maximum atomic E-state index is 13.9. The van der Waals surface area contributed by atoms with Crippen LogP contribution in [0, 0.1) is 12.7 Å². The molecule has 7 nitrogen and oxygen atoms in total. The summed E-state index contributed by atoms with van der Waals surface area (Å²) < 4.78 is 16.0. The Hall–Kier alpha value is -3.56. The van der Waals surface area contributed by atoms with E-state index in [9.17, 15) is 9.50 Å². The number of aryl methyl sites for hydroxylation is 1. The fourth-order valence-electron chi connectivity index (χ4n) is 4.96. The minimum Gasteiger partial charge on any atom is -0.374 e. The summed E-state index contributed by atoms with van der Waals surface area (Å²) in [5, 5.41) is 18.4. The van der Waals surface area contributed by atoms with Gasteiger partial charge in [0.1, 0.15) is 12.0 Å². The molecule has 1 unspecified atom stereocenters. The van der Waals surface area contributed by atoms with Crippen LogP contribution in [0.5, 0.6) is 0 Å². The maximum absolute atomic E-state index is 13.9. The van der Waals surface area contributed by atoms with Crippen molar-refractivity contribution >= 4 is 16.5 Å². The average molecular weight is 531 g/mol. The van der Waals surface area contributed by atoms with Gasteiger partial charge in [0, 0.05) is 47.6 Å². The Labute approximate surface area is 225 Å². The van der Waals surface area contributed by atoms with Crippen molar-refractivity contribution in [2.45, 2.75) is 52.3 Å². The predicted molar refractivity (Wildman–Crippen MR) is 148 cm³/mol. The van der Waals surface area contributed by atoms with Crippen LogP contribution in [-0.2, 0) is 19.4 Å². The molecule has 196 valence electrons. The molecular formula is C29H31FN6OS. The topological polar surface area (TPSA) is 79.1 Å². The number of halogens is 1. The van der Waals surface area contributed by atoms with Crippen molar-refractivity contribution in [1.29, 1.82) is 0 Å². The summed E-state index contributed by atoms with van der Waals surface area (Å²) in [4.78, 5) is 13.5. The maximum Gasteiger partial charge on any atom is 0.185 e. The summed E-state index contributed by atoms with van der Waals surface area (Å²) in [6.07, 6.45) is 3.42. The Kier molecular flexibility index (Phi) is 6.71. The number of hydrogen-bond donors (Lipinski definition) is 2. The Balaban J connectivity index is 1.29. The van der Waals surface area contributed by atoms with E-state index in [0.717, 1.165) is 66.5 Å². The van der Waals surface area contributed by atoms with Crippen LogP contribution >= 0.6 is 11.3 Å². The second-order valence-electron chi connectivity index (χ2n) is 9.99. The lowest BCUT2D eigenvalue weighted by Gasteiger charge is -2.26. The number of fused-ring (bicyclic) bond motifs is 1. The van der Waals surface area contributed by atoms with Crippen molar-refractivity contribution in [2.75, 3.05) is 18.4 Å². The van der Waals surface area contributed by atoms with Gasteiger partial charge >= 0.3 is 0 Å². The van der Waals surface area contributed by atoms with Gasteiger partial charge in [0.05, 0.1) is 12.2 Å². The monoisotopic (exact) mass is 530 g/mol. The minimum absolute atomic E-state index is 0.227. The highest BCUT2D eigenvalue weighted by atomic mass is 32.1. The normalized spacial score (nSPS) is 15.7. The van der Waals surface area contributed by atoms with E-state index >= 15 is 0 Å². The summed E-state index contributed by atoms with van der Waals surface area (Å²) >= 11 is 1.64. The minimum atomic E-state index is -0.613. The van der Waals surface area contributed by atoms with Gasteiger partial charge in [-0.1, -0.05) is 30.3 Å². The third-order valence-electron chi connectivity index (χ3n) is 7.05. The molecule has 1 fully saturated rings. The molecule has 0 amide bonds. The number of thiazole rings is 1. The molecule has 1 aliphatic carbocycles. The molecule has 6 rings (SSSR count). The third-order valence-corrected chi connectivity index (χ3v) is 8.14. The van der Waals surface area contributed by atoms with E-state index in [2.05, 4.69) is 22.3 Å². The van der Waals surface area contributed by atoms with Gasteiger partial charge in [0.2, 0.25) is 0 Å². The highest BCUT2D eigenvalue weighted by Gasteiger charge is 2.27. The van der Waals surface area contributed by atoms with Gasteiger partial charge in [-0.2, -0.15) is 5.10 Å². The first kappa shape index (κ1) is 24.8. The molecule has 4 aromatic rings. The van der Waals surface area contributed by atoms with Crippen LogP contribution in [0.1, 0.15) is 35.9 Å². The summed E-state index contributed by atoms with van der Waals surface area (Å²) in [5.41, 5.74) is 6.33. The quantitative estimate of drug-likeness (QED) is 0.311. The van der Waals surface area contributed by atoms with Gasteiger partial charge < -0.3 is 15.3 Å². The van der Waals surface area contributed by atoms with E-state index in [0.29, 0.717) is 17.9 Å². The third kappa shape index (κ3) is 5.21. The van der Waals surface area contributed by atoms with Gasteiger partial charge in [-0.15, -0.1) is 11.3 Å². The van der Waals surface area contributed by atoms with Gasteiger partial charge in [0.25, 0.3) is 0 Å². The fraction of sp³-hybridized carbons (Fsp3) is 0.345. The first-order valence-electron chi connectivity index (χ1n) is 13.1. The van der Waals surface area contributed by atoms with Gasteiger partial charge in [0.15, 0.2) is 16.8 Å². The molecule has 1 saturated carbocycles. The number of anilines is 1. The number of aliphatic hydroxyl groups is 1. The van der Waals surface area contributed by atoms with E-state index in [1.54, 1.807) is 31.3 Å². The average Bonchev–Trinajstić information content (AvgIpc) is 3.60. The van der Waals surface area contributed by atoms with Crippen LogP contribution in [0.3, 0.4) is 0 Å². The molecule has 0 spiro atoms. The lowest BCUT2D eigenvalue weighted by atomic mass is 10.1. The summed E-state index contributed by atoms with van der Waals surface area (Å²) in [6, 6.07) is 15.2. The first-order valence-corrected chi connectivity index (χ1v) is 13.9. The molecule has 1 atom stereocenters. The molecule has 2 N–H and O–H groups in total. The van der Waals surface area contributed by atoms with Crippen molar-refractivity contribution < 1.29 is 9.50 Å². The number of aliphatic hydroxyl groups excluding tert-OH is 1. The smallest absolute Gasteiger partial charge is 0.185 e. The Morgan fingerprint density at radius 2 is 1.84 bits per heavy atom. The lowest BCUT2D eigenvalue weighted by Crippen LogP contribution is -2.29. The van der Waals surface area contributed by atoms with Crippen LogP contribution < -0.4 is 5.32 Å². The predicted octanol–water partition coefficient (Wildman–Crippen LogP) is 5.42. The molecule has 0 radical (unpaired) electrons. The van der Waals surface area contributed by atoms with Crippen LogP contribution in [0.4, 0.5) is 9.52 Å². The van der Waals surface area contributed by atoms with Crippen LogP contribution in [-0.4, -0.2) is 49.1 Å². The zero-order valence-corrected chi connectivity index (χ0v) is 22.4. The van der Waals surface area contributed by atoms with E-state index in [1.807, 2.05) is 28.9 Å². The number of nitrogens with one attached hydrogen (secondary N) is 1. The molecule has 2 aromatic heterocycles. The highest BCUT2D eigenvalue weighted by molar-refractivity contribution is 7.15. The SMILES string of the molecule is Cc1cc(-c2nc(-c3ccccc3)n(CC(=C3CC3)N3CCc4nc(NC(C)O)sc4CC3)n2)ccc1F. The van der Waals surface area contributed by atoms with Crippen molar-refractivity contribution in [3.05, 3.63) is 81.8 Å². The van der Waals surface area contributed by atoms with E-state index in [1.165, 1.54) is 22.2 Å². The summed E-state index contributed by atoms with van der Waals surface area (Å²) in [6.45, 7) is 5.92. The van der Waals surface area contributed by atoms with Crippen LogP contribution in [0.2, 0.25) is 0 Å². The van der Waals surface area contributed by atoms with E-state index < -0.39 is 6.23 Å². The largest absolute Gasteiger partial charge is 0.374 e. The van der Waals surface area contributed by atoms with Crippen molar-refractivity contribution in [3.8, 4) is 22.8 Å². The van der Waals surface area contributed by atoms with E-state index in [-0.39, 0.29) is 5.82 Å². The van der Waals surface area contributed by atoms with Crippen molar-refractivity contribution in [1.82, 2.24) is 24.6 Å². The zero-order chi connectivity index (χ0) is 26.2. The second kappa shape index (κ2) is 10.3. The second-order valence-corrected chi connectivity index (χ2v) is 11.1. The van der Waals surface area contributed by atoms with Gasteiger partial charge in [-0.3, -0.25) is 0 Å². The number of aromatic nitrogens is 4. The molecule has 3 heterocycles. The number of rotatable bonds is 7. The first-order chi connectivity index (χ1) is 18.4. The number of hydrogen-bond acceptors (Lipinski definition) is 7. The molecule has 2 aromatic carbocycles. The standard InChI is InChI=1S/C29H31FN6OS/c1-18-16-22(10-11-23(18)30)27-33-28(21-6-4-3-5-7-21)36(34-27)17-25(20-8-9-20)35-14-12-24-26(13-15-35)38-29(32-24)31-19(2)37/h3-7,10-11,16,19,37H,8-9,12-15,17H2,1-2H3,(H,31,32). The summed E-state index contributed by atoms with van der Waals surface area (Å²) in [5.74, 6) is 1.19. The van der Waals surface area contributed by atoms with E-state index in [4.69, 9.17) is 15.1 Å². The number of allylic oxidation sites excluding steroid dienone is 2. The highest BCUT2D eigenvalue weighted by Crippen LogP contribution is 2.36. The molecule has 0 bridgehead atoms. The number of nitrogens with zero attached hydrogens (tertiary/aromatic N) is 5.